The molecular formula is C10H7F6MnO4P. The minimum atomic E-state index is -10.7. The van der Waals surface area contributed by atoms with Crippen LogP contribution in [0.4, 0.5) is 25.2 Å². The van der Waals surface area contributed by atoms with Crippen molar-refractivity contribution < 1.29 is 60.9 Å². The van der Waals surface area contributed by atoms with E-state index in [2.05, 4.69) is 26.0 Å². The first kappa shape index (κ1) is 32.6. The third-order valence-corrected chi connectivity index (χ3v) is 0.923. The van der Waals surface area contributed by atoms with Crippen LogP contribution in [0.1, 0.15) is 0 Å². The fourth-order valence-electron chi connectivity index (χ4n) is 0.508. The van der Waals surface area contributed by atoms with Crippen molar-refractivity contribution in [3.63, 3.8) is 0 Å². The molecular weight excluding hydrogens is 384 g/mol. The first-order valence-corrected chi connectivity index (χ1v) is 6.09. The first-order valence-electron chi connectivity index (χ1n) is 4.06. The quantitative estimate of drug-likeness (QED) is 0.224. The topological polar surface area (TPSA) is 68.9 Å². The van der Waals surface area contributed by atoms with Crippen molar-refractivity contribution in [2.24, 2.45) is 0 Å². The van der Waals surface area contributed by atoms with Gasteiger partial charge in [-0.1, -0.05) is 0 Å². The molecule has 0 unspecified atom stereocenters. The van der Waals surface area contributed by atoms with Crippen LogP contribution in [0.25, 0.3) is 0 Å². The van der Waals surface area contributed by atoms with E-state index in [4.69, 9.17) is 18.7 Å². The van der Waals surface area contributed by atoms with Crippen LogP contribution in [-0.4, -0.2) is 7.11 Å². The maximum atomic E-state index is 9.87. The number of rotatable bonds is 1. The van der Waals surface area contributed by atoms with Gasteiger partial charge in [-0.3, -0.25) is 0 Å². The average molecular weight is 391 g/mol. The van der Waals surface area contributed by atoms with E-state index in [1.807, 2.05) is 24.3 Å². The number of hydrogen-bond acceptors (Lipinski definition) is 1. The summed E-state index contributed by atoms with van der Waals surface area (Å²) in [6.07, 6.45) is 0. The van der Waals surface area contributed by atoms with E-state index in [9.17, 15) is 25.2 Å². The molecule has 0 spiro atoms. The molecule has 0 aliphatic carbocycles. The van der Waals surface area contributed by atoms with Crippen LogP contribution in [0, 0.1) is 26.0 Å². The standard InChI is InChI=1S/C7H7O.3CO.F6P.Mn/c1-8-7-5-3-2-4-6-7;3*1-2;1-7(2,3,4,5)6;/h3-6H,1H3;;;;;/q-1;;;;-1;+2. The van der Waals surface area contributed by atoms with Gasteiger partial charge in [0, 0.05) is 5.75 Å². The molecule has 0 heterocycles. The van der Waals surface area contributed by atoms with Gasteiger partial charge in [0.1, 0.15) is 0 Å². The van der Waals surface area contributed by atoms with E-state index < -0.39 is 7.81 Å². The van der Waals surface area contributed by atoms with E-state index in [1.54, 1.807) is 7.11 Å². The summed E-state index contributed by atoms with van der Waals surface area (Å²) < 4.78 is 86.6. The van der Waals surface area contributed by atoms with Gasteiger partial charge >= 0.3 is 84.0 Å². The third-order valence-electron chi connectivity index (χ3n) is 0.923. The van der Waals surface area contributed by atoms with Gasteiger partial charge in [-0.05, 0) is 0 Å². The minimum absolute atomic E-state index is 0. The first-order chi connectivity index (χ1) is 9.38. The summed E-state index contributed by atoms with van der Waals surface area (Å²) in [6.45, 7) is 13.5. The molecule has 0 fully saturated rings. The molecule has 22 heavy (non-hydrogen) atoms. The van der Waals surface area contributed by atoms with Crippen LogP contribution >= 0.6 is 7.81 Å². The van der Waals surface area contributed by atoms with Crippen LogP contribution in [0.5, 0.6) is 5.75 Å². The third kappa shape index (κ3) is 77.1. The van der Waals surface area contributed by atoms with Crippen molar-refractivity contribution in [1.29, 1.82) is 0 Å². The zero-order chi connectivity index (χ0) is 18.2. The van der Waals surface area contributed by atoms with Gasteiger partial charge in [0.05, 0.1) is 7.11 Å². The van der Waals surface area contributed by atoms with E-state index >= 15 is 0 Å². The summed E-state index contributed by atoms with van der Waals surface area (Å²) in [5.74, 6) is 0.878. The largest absolute Gasteiger partial charge is 2.00 e. The van der Waals surface area contributed by atoms with Gasteiger partial charge in [-0.25, -0.2) is 0 Å². The van der Waals surface area contributed by atoms with Crippen molar-refractivity contribution in [3.05, 3.63) is 50.3 Å². The molecule has 0 saturated carbocycles. The van der Waals surface area contributed by atoms with Crippen molar-refractivity contribution in [2.75, 3.05) is 7.11 Å². The molecule has 0 N–H and O–H groups in total. The molecule has 1 aromatic rings. The summed E-state index contributed by atoms with van der Waals surface area (Å²) in [7, 11) is -9.01. The molecule has 1 radical (unpaired) electrons. The van der Waals surface area contributed by atoms with Gasteiger partial charge in [0.2, 0.25) is 0 Å². The summed E-state index contributed by atoms with van der Waals surface area (Å²) in [6, 6.07) is 10.2. The van der Waals surface area contributed by atoms with Crippen molar-refractivity contribution in [3.8, 4) is 5.75 Å². The summed E-state index contributed by atoms with van der Waals surface area (Å²) >= 11 is 0. The second-order valence-electron chi connectivity index (χ2n) is 2.40. The van der Waals surface area contributed by atoms with Crippen LogP contribution in [0.2, 0.25) is 0 Å². The molecule has 125 valence electrons. The predicted octanol–water partition coefficient (Wildman–Crippen LogP) is 4.76. The zero-order valence-corrected chi connectivity index (χ0v) is 12.6. The van der Waals surface area contributed by atoms with Crippen molar-refractivity contribution in [1.82, 2.24) is 0 Å². The predicted molar refractivity (Wildman–Crippen MR) is 57.2 cm³/mol. The fourth-order valence-corrected chi connectivity index (χ4v) is 0.508. The van der Waals surface area contributed by atoms with Crippen LogP contribution in [-0.2, 0) is 31.0 Å². The SMILES string of the molecule is COc1cc[c-]cc1.F[P-](F)(F)(F)(F)F.[C-]#[O+].[C-]#[O+].[C-]#[O+].[Mn+2]. The van der Waals surface area contributed by atoms with E-state index in [0.29, 0.717) is 0 Å². The van der Waals surface area contributed by atoms with Crippen molar-refractivity contribution in [2.45, 2.75) is 0 Å². The molecule has 1 aromatic carbocycles. The number of methoxy groups -OCH3 is 1. The fraction of sp³-hybridized carbons (Fsp3) is 0.100. The number of benzene rings is 1. The summed E-state index contributed by atoms with van der Waals surface area (Å²) in [5, 5.41) is 0. The van der Waals surface area contributed by atoms with Gasteiger partial charge in [-0.2, -0.15) is 18.2 Å². The van der Waals surface area contributed by atoms with Gasteiger partial charge < -0.3 is 4.74 Å². The van der Waals surface area contributed by atoms with Crippen molar-refractivity contribution >= 4 is 7.81 Å². The molecule has 0 aliphatic heterocycles. The number of ether oxygens (including phenoxy) is 1. The normalized spacial score (nSPS) is 10.8. The maximum Gasteiger partial charge on any atom is 2.00 e. The maximum absolute atomic E-state index is 10.7. The summed E-state index contributed by atoms with van der Waals surface area (Å²) in [5.41, 5.74) is 0. The molecule has 12 heteroatoms. The Labute approximate surface area is 132 Å². The molecule has 4 nitrogen and oxygen atoms in total. The van der Waals surface area contributed by atoms with Gasteiger partial charge in [0.15, 0.2) is 0 Å². The van der Waals surface area contributed by atoms with E-state index in [-0.39, 0.29) is 17.1 Å². The smallest absolute Gasteiger partial charge is 2.00 e. The number of hydrogen-bond donors (Lipinski definition) is 0. The Balaban J connectivity index is -0.0000000635. The van der Waals surface area contributed by atoms with Gasteiger partial charge in [0.25, 0.3) is 0 Å². The molecule has 0 amide bonds. The molecule has 0 bridgehead atoms. The van der Waals surface area contributed by atoms with Crippen LogP contribution in [0.15, 0.2) is 24.3 Å². The monoisotopic (exact) mass is 391 g/mol. The van der Waals surface area contributed by atoms with E-state index in [0.717, 1.165) is 5.75 Å². The van der Waals surface area contributed by atoms with Gasteiger partial charge in [-0.15, -0.1) is 12.1 Å². The Bertz CT molecular complexity index is 403. The molecule has 0 atom stereocenters. The molecule has 0 aromatic heterocycles. The van der Waals surface area contributed by atoms with Crippen LogP contribution in [0.3, 0.4) is 0 Å². The Kier molecular flexibility index (Phi) is 19.9. The second kappa shape index (κ2) is 13.4. The molecule has 0 aliphatic rings. The minimum Gasteiger partial charge on any atom is 2.00 e. The Morgan fingerprint density at radius 3 is 1.23 bits per heavy atom. The Morgan fingerprint density at radius 2 is 1.09 bits per heavy atom. The second-order valence-corrected chi connectivity index (χ2v) is 4.31. The molecule has 0 saturated heterocycles. The molecule has 1 rings (SSSR count). The number of halogens is 6. The average Bonchev–Trinajstić information content (AvgIpc) is 2.43. The zero-order valence-electron chi connectivity index (χ0n) is 10.5. The Morgan fingerprint density at radius 1 is 0.864 bits per heavy atom. The Hall–Kier alpha value is -1.23. The van der Waals surface area contributed by atoms with E-state index in [1.165, 1.54) is 0 Å². The summed E-state index contributed by atoms with van der Waals surface area (Å²) in [4.78, 5) is 0. The van der Waals surface area contributed by atoms with Crippen LogP contribution < -0.4 is 4.74 Å².